The maximum atomic E-state index is 13.3. The molecule has 1 saturated heterocycles. The molecule has 35 heavy (non-hydrogen) atoms. The van der Waals surface area contributed by atoms with Gasteiger partial charge < -0.3 is 20.3 Å². The number of anilines is 2. The van der Waals surface area contributed by atoms with Crippen LogP contribution in [0.2, 0.25) is 0 Å². The second-order valence-electron chi connectivity index (χ2n) is 9.29. The lowest BCUT2D eigenvalue weighted by atomic mass is 10.1. The van der Waals surface area contributed by atoms with Gasteiger partial charge in [-0.2, -0.15) is 0 Å². The molecule has 1 unspecified atom stereocenters. The molecule has 1 aliphatic rings. The first-order valence-corrected chi connectivity index (χ1v) is 13.0. The number of likely N-dealkylation sites (tertiary alicyclic amines) is 1. The number of benzene rings is 1. The van der Waals surface area contributed by atoms with Crippen molar-refractivity contribution in [1.29, 1.82) is 0 Å². The lowest BCUT2D eigenvalue weighted by Crippen LogP contribution is -2.41. The minimum atomic E-state index is -0.555. The van der Waals surface area contributed by atoms with Crippen LogP contribution in [0.3, 0.4) is 0 Å². The van der Waals surface area contributed by atoms with Gasteiger partial charge in [0, 0.05) is 29.7 Å². The lowest BCUT2D eigenvalue weighted by Gasteiger charge is -2.22. The minimum absolute atomic E-state index is 0.0275. The summed E-state index contributed by atoms with van der Waals surface area (Å²) in [4.78, 5) is 36.8. The summed E-state index contributed by atoms with van der Waals surface area (Å²) in [5, 5.41) is 6.83. The van der Waals surface area contributed by atoms with Gasteiger partial charge in [-0.25, -0.2) is 14.8 Å². The van der Waals surface area contributed by atoms with Gasteiger partial charge in [0.15, 0.2) is 5.13 Å². The Bertz CT molecular complexity index is 1190. The number of ether oxygens (including phenoxy) is 1. The highest BCUT2D eigenvalue weighted by atomic mass is 32.2. The third-order valence-corrected chi connectivity index (χ3v) is 7.24. The van der Waals surface area contributed by atoms with E-state index in [0.717, 1.165) is 25.6 Å². The maximum Gasteiger partial charge on any atom is 0.407 e. The molecule has 2 aromatic heterocycles. The van der Waals surface area contributed by atoms with Crippen LogP contribution < -0.4 is 10.6 Å². The highest BCUT2D eigenvalue weighted by molar-refractivity contribution is 8.01. The number of hydrogen-bond donors (Lipinski definition) is 2. The maximum absolute atomic E-state index is 13.3. The first kappa shape index (κ1) is 25.0. The van der Waals surface area contributed by atoms with Crippen LogP contribution in [0.15, 0.2) is 57.9 Å². The number of carbonyl (C=O) groups is 2. The molecule has 0 spiro atoms. The van der Waals surface area contributed by atoms with Gasteiger partial charge >= 0.3 is 6.09 Å². The third kappa shape index (κ3) is 6.95. The van der Waals surface area contributed by atoms with Crippen molar-refractivity contribution in [3.8, 4) is 0 Å². The summed E-state index contributed by atoms with van der Waals surface area (Å²) in [5.41, 5.74) is 1.04. The molecule has 3 heterocycles. The number of carbonyl (C=O) groups excluding carboxylic acids is 2. The predicted octanol–water partition coefficient (Wildman–Crippen LogP) is 5.48. The molecule has 1 aliphatic heterocycles. The quantitative estimate of drug-likeness (QED) is 0.452. The summed E-state index contributed by atoms with van der Waals surface area (Å²) in [6, 6.07) is 11.5. The Kier molecular flexibility index (Phi) is 7.61. The first-order valence-electron chi connectivity index (χ1n) is 11.4. The monoisotopic (exact) mass is 511 g/mol. The van der Waals surface area contributed by atoms with Gasteiger partial charge in [-0.05, 0) is 63.9 Å². The van der Waals surface area contributed by atoms with Gasteiger partial charge in [-0.3, -0.25) is 4.79 Å². The molecule has 0 aliphatic carbocycles. The third-order valence-electron chi connectivity index (χ3n) is 5.24. The van der Waals surface area contributed by atoms with Crippen LogP contribution in [0.4, 0.5) is 15.7 Å². The summed E-state index contributed by atoms with van der Waals surface area (Å²) >= 11 is 3.10. The number of thiazole rings is 1. The number of aromatic nitrogens is 2. The van der Waals surface area contributed by atoms with E-state index < -0.39 is 11.7 Å². The van der Waals surface area contributed by atoms with Crippen molar-refractivity contribution in [2.24, 2.45) is 0 Å². The number of pyridine rings is 1. The molecule has 1 fully saturated rings. The minimum Gasteiger partial charge on any atom is -0.444 e. The van der Waals surface area contributed by atoms with Crippen LogP contribution in [0.5, 0.6) is 0 Å². The molecule has 10 heteroatoms. The largest absolute Gasteiger partial charge is 0.444 e. The zero-order valence-corrected chi connectivity index (χ0v) is 21.8. The Hall–Kier alpha value is -3.11. The van der Waals surface area contributed by atoms with Crippen molar-refractivity contribution in [2.75, 3.05) is 18.4 Å². The standard InChI is InChI=1S/C25H29N5O3S2/c1-16-8-9-18(34-21-14-27-23(35-21)29-20-7-5-6-11-26-20)13-19(16)22(31)30-12-10-17(15-30)28-24(32)33-25(2,3)4/h5-9,11,13-14,17H,10,12,15H2,1-4H3,(H,28,32)(H,26,27,29). The second kappa shape index (κ2) is 10.7. The average molecular weight is 512 g/mol. The predicted molar refractivity (Wildman–Crippen MR) is 139 cm³/mol. The Labute approximate surface area is 213 Å². The van der Waals surface area contributed by atoms with Crippen molar-refractivity contribution >= 4 is 46.0 Å². The average Bonchev–Trinajstić information content (AvgIpc) is 3.43. The fourth-order valence-corrected chi connectivity index (χ4v) is 5.53. The number of nitrogens with one attached hydrogen (secondary N) is 2. The topological polar surface area (TPSA) is 96.5 Å². The first-order chi connectivity index (χ1) is 16.7. The number of alkyl carbamates (subject to hydrolysis) is 1. The highest BCUT2D eigenvalue weighted by Crippen LogP contribution is 2.35. The fraction of sp³-hybridized carbons (Fsp3) is 0.360. The molecular formula is C25H29N5O3S2. The van der Waals surface area contributed by atoms with Crippen molar-refractivity contribution in [3.63, 3.8) is 0 Å². The summed E-state index contributed by atoms with van der Waals surface area (Å²) in [5.74, 6) is 0.715. The van der Waals surface area contributed by atoms with E-state index in [1.165, 1.54) is 11.3 Å². The van der Waals surface area contributed by atoms with E-state index in [-0.39, 0.29) is 11.9 Å². The van der Waals surface area contributed by atoms with E-state index in [0.29, 0.717) is 25.1 Å². The molecule has 3 aromatic rings. The summed E-state index contributed by atoms with van der Waals surface area (Å²) < 4.78 is 6.35. The Balaban J connectivity index is 1.38. The second-order valence-corrected chi connectivity index (χ2v) is 11.7. The summed E-state index contributed by atoms with van der Waals surface area (Å²) in [6.07, 6.45) is 3.79. The van der Waals surface area contributed by atoms with Gasteiger partial charge in [-0.1, -0.05) is 35.2 Å². The van der Waals surface area contributed by atoms with E-state index in [2.05, 4.69) is 20.6 Å². The van der Waals surface area contributed by atoms with Crippen molar-refractivity contribution in [3.05, 3.63) is 59.9 Å². The number of aryl methyl sites for hydroxylation is 1. The smallest absolute Gasteiger partial charge is 0.407 e. The van der Waals surface area contributed by atoms with Gasteiger partial charge in [0.05, 0.1) is 16.4 Å². The lowest BCUT2D eigenvalue weighted by molar-refractivity contribution is 0.0502. The molecule has 1 atom stereocenters. The van der Waals surface area contributed by atoms with Crippen molar-refractivity contribution < 1.29 is 14.3 Å². The summed E-state index contributed by atoms with van der Waals surface area (Å²) in [7, 11) is 0. The van der Waals surface area contributed by atoms with Gasteiger partial charge in [0.2, 0.25) is 0 Å². The molecule has 1 aromatic carbocycles. The van der Waals surface area contributed by atoms with E-state index in [4.69, 9.17) is 4.74 Å². The van der Waals surface area contributed by atoms with Crippen molar-refractivity contribution in [1.82, 2.24) is 20.2 Å². The van der Waals surface area contributed by atoms with Crippen LogP contribution in [0, 0.1) is 6.92 Å². The molecule has 2 N–H and O–H groups in total. The molecule has 0 radical (unpaired) electrons. The normalized spacial score (nSPS) is 15.7. The fourth-order valence-electron chi connectivity index (χ4n) is 3.63. The Morgan fingerprint density at radius 2 is 2.03 bits per heavy atom. The van der Waals surface area contributed by atoms with Crippen LogP contribution >= 0.6 is 23.1 Å². The molecule has 184 valence electrons. The molecular weight excluding hydrogens is 482 g/mol. The molecule has 4 rings (SSSR count). The number of hydrogen-bond acceptors (Lipinski definition) is 8. The van der Waals surface area contributed by atoms with E-state index in [1.54, 1.807) is 22.9 Å². The van der Waals surface area contributed by atoms with Crippen molar-refractivity contribution in [2.45, 2.75) is 54.9 Å². The van der Waals surface area contributed by atoms with Crippen LogP contribution in [0.25, 0.3) is 0 Å². The number of amides is 2. The zero-order valence-electron chi connectivity index (χ0n) is 20.2. The number of nitrogens with zero attached hydrogens (tertiary/aromatic N) is 3. The Morgan fingerprint density at radius 1 is 1.20 bits per heavy atom. The zero-order chi connectivity index (χ0) is 25.0. The molecule has 8 nitrogen and oxygen atoms in total. The van der Waals surface area contributed by atoms with E-state index in [1.807, 2.05) is 70.3 Å². The Morgan fingerprint density at radius 3 is 2.77 bits per heavy atom. The van der Waals surface area contributed by atoms with Gasteiger partial charge in [0.25, 0.3) is 5.91 Å². The summed E-state index contributed by atoms with van der Waals surface area (Å²) in [6.45, 7) is 8.48. The van der Waals surface area contributed by atoms with Crippen LogP contribution in [0.1, 0.15) is 43.1 Å². The SMILES string of the molecule is Cc1ccc(Sc2cnc(Nc3ccccn3)s2)cc1C(=O)N1CCC(NC(=O)OC(C)(C)C)C1. The highest BCUT2D eigenvalue weighted by Gasteiger charge is 2.30. The van der Waals surface area contributed by atoms with E-state index >= 15 is 0 Å². The molecule has 2 amide bonds. The van der Waals surface area contributed by atoms with E-state index in [9.17, 15) is 9.59 Å². The number of rotatable bonds is 6. The molecule has 0 saturated carbocycles. The van der Waals surface area contributed by atoms with Gasteiger partial charge in [-0.15, -0.1) is 0 Å². The van der Waals surface area contributed by atoms with Crippen LogP contribution in [-0.4, -0.2) is 51.6 Å². The van der Waals surface area contributed by atoms with Crippen LogP contribution in [-0.2, 0) is 4.74 Å². The molecule has 0 bridgehead atoms. The van der Waals surface area contributed by atoms with Gasteiger partial charge in [0.1, 0.15) is 11.4 Å².